The first kappa shape index (κ1) is 21.9. The first-order chi connectivity index (χ1) is 15.7. The van der Waals surface area contributed by atoms with Crippen molar-refractivity contribution < 1.29 is 14.6 Å². The average molecular weight is 444 g/mol. The number of benzene rings is 4. The number of hydrogen-bond acceptors (Lipinski definition) is 5. The Morgan fingerprint density at radius 1 is 0.875 bits per heavy atom. The molecule has 3 N–H and O–H groups in total. The summed E-state index contributed by atoms with van der Waals surface area (Å²) in [5.74, 6) is 0.698. The third-order valence-electron chi connectivity index (χ3n) is 5.26. The van der Waals surface area contributed by atoms with Crippen LogP contribution in [-0.4, -0.2) is 24.1 Å². The van der Waals surface area contributed by atoms with Crippen LogP contribution in [0.5, 0.6) is 5.75 Å². The molecule has 0 aliphatic heterocycles. The number of carbonyl (C=O) groups is 1. The maximum Gasteiger partial charge on any atom is 0.194 e. The van der Waals surface area contributed by atoms with E-state index >= 15 is 0 Å². The van der Waals surface area contributed by atoms with Crippen molar-refractivity contribution >= 4 is 34.0 Å². The molecule has 0 saturated heterocycles. The van der Waals surface area contributed by atoms with Gasteiger partial charge in [-0.25, -0.2) is 0 Å². The highest BCUT2D eigenvalue weighted by Crippen LogP contribution is 2.49. The van der Waals surface area contributed by atoms with Gasteiger partial charge in [0.15, 0.2) is 5.78 Å². The second-order valence-electron chi connectivity index (χ2n) is 7.07. The Kier molecular flexibility index (Phi) is 6.49. The molecule has 0 radical (unpaired) electrons. The number of fused-ring (bicyclic) bond motifs is 2. The third kappa shape index (κ3) is 3.74. The molecule has 0 atom stereocenters. The number of nitrogens with two attached hydrogens (primary N) is 1. The lowest BCUT2D eigenvalue weighted by atomic mass is 9.83. The van der Waals surface area contributed by atoms with E-state index in [2.05, 4.69) is 0 Å². The largest absolute Gasteiger partial charge is 0.490 e. The molecule has 1 aliphatic rings. The maximum atomic E-state index is 13.2. The number of ketones is 1. The van der Waals surface area contributed by atoms with Gasteiger partial charge in [-0.1, -0.05) is 80.2 Å². The Labute approximate surface area is 192 Å². The Morgan fingerprint density at radius 2 is 1.56 bits per heavy atom. The lowest BCUT2D eigenvalue weighted by Crippen LogP contribution is -2.11. The van der Waals surface area contributed by atoms with Gasteiger partial charge in [-0.3, -0.25) is 4.79 Å². The molecule has 5 rings (SSSR count). The van der Waals surface area contributed by atoms with Gasteiger partial charge < -0.3 is 15.6 Å². The minimum atomic E-state index is -0.0833. The third-order valence-corrected chi connectivity index (χ3v) is 6.48. The number of aliphatic hydroxyl groups excluding tert-OH is 1. The number of rotatable bonds is 5. The SMILES string of the molecule is CC.Nc1ccccc1Sc1c(OCCO)cc2c3c(cccc13)C(=O)c1ccccc1-2. The second-order valence-corrected chi connectivity index (χ2v) is 8.12. The lowest BCUT2D eigenvalue weighted by molar-refractivity contribution is 0.104. The molecule has 32 heavy (non-hydrogen) atoms. The fourth-order valence-corrected chi connectivity index (χ4v) is 5.00. The van der Waals surface area contributed by atoms with Gasteiger partial charge >= 0.3 is 0 Å². The number of para-hydroxylation sites is 1. The summed E-state index contributed by atoms with van der Waals surface area (Å²) in [6.07, 6.45) is 0. The number of anilines is 1. The summed E-state index contributed by atoms with van der Waals surface area (Å²) < 4.78 is 5.96. The fraction of sp³-hybridized carbons (Fsp3) is 0.148. The van der Waals surface area contributed by atoms with Crippen molar-refractivity contribution in [3.63, 3.8) is 0 Å². The molecule has 4 nitrogen and oxygen atoms in total. The molecule has 0 unspecified atom stereocenters. The van der Waals surface area contributed by atoms with Gasteiger partial charge in [0, 0.05) is 32.5 Å². The molecule has 4 aromatic carbocycles. The van der Waals surface area contributed by atoms with Gasteiger partial charge in [0.05, 0.1) is 11.5 Å². The maximum absolute atomic E-state index is 13.2. The van der Waals surface area contributed by atoms with E-state index in [-0.39, 0.29) is 19.0 Å². The van der Waals surface area contributed by atoms with Crippen molar-refractivity contribution in [1.29, 1.82) is 0 Å². The molecule has 0 bridgehead atoms. The molecule has 1 aliphatic carbocycles. The van der Waals surface area contributed by atoms with Gasteiger partial charge in [0.2, 0.25) is 0 Å². The fourth-order valence-electron chi connectivity index (χ4n) is 3.95. The van der Waals surface area contributed by atoms with Gasteiger partial charge in [-0.2, -0.15) is 0 Å². The molecule has 5 heteroatoms. The first-order valence-corrected chi connectivity index (χ1v) is 11.5. The van der Waals surface area contributed by atoms with Crippen molar-refractivity contribution in [2.45, 2.75) is 23.6 Å². The minimum Gasteiger partial charge on any atom is -0.490 e. The van der Waals surface area contributed by atoms with Crippen LogP contribution in [0, 0.1) is 0 Å². The van der Waals surface area contributed by atoms with E-state index in [9.17, 15) is 9.90 Å². The topological polar surface area (TPSA) is 72.6 Å². The molecule has 0 amide bonds. The standard InChI is InChI=1S/C25H19NO3S.C2H6/c26-20-10-3-4-11-22(20)30-25-18-9-5-8-17-23(18)19(14-21(25)29-13-12-27)15-6-1-2-7-16(15)24(17)28;1-2/h1-11,14,27H,12-13,26H2;1-2H3. The van der Waals surface area contributed by atoms with Gasteiger partial charge in [0.1, 0.15) is 12.4 Å². The van der Waals surface area contributed by atoms with E-state index in [1.807, 2.05) is 86.6 Å². The highest BCUT2D eigenvalue weighted by Gasteiger charge is 2.27. The summed E-state index contributed by atoms with van der Waals surface area (Å²) in [5.41, 5.74) is 10.1. The summed E-state index contributed by atoms with van der Waals surface area (Å²) in [6, 6.07) is 23.1. The van der Waals surface area contributed by atoms with Gasteiger partial charge in [-0.15, -0.1) is 0 Å². The Bertz CT molecular complexity index is 1300. The number of aliphatic hydroxyl groups is 1. The van der Waals surface area contributed by atoms with Crippen LogP contribution in [-0.2, 0) is 0 Å². The van der Waals surface area contributed by atoms with E-state index < -0.39 is 0 Å². The summed E-state index contributed by atoms with van der Waals surface area (Å²) in [5, 5.41) is 11.2. The van der Waals surface area contributed by atoms with Crippen LogP contribution in [0.4, 0.5) is 5.69 Å². The molecule has 0 heterocycles. The van der Waals surface area contributed by atoms with E-state index in [0.717, 1.165) is 31.7 Å². The Morgan fingerprint density at radius 3 is 2.31 bits per heavy atom. The normalized spacial score (nSPS) is 11.5. The Hall–Kier alpha value is -3.28. The molecule has 0 spiro atoms. The monoisotopic (exact) mass is 443 g/mol. The predicted octanol–water partition coefficient (Wildman–Crippen LogP) is 6.18. The zero-order valence-electron chi connectivity index (χ0n) is 18.1. The van der Waals surface area contributed by atoms with Crippen molar-refractivity contribution in [3.05, 3.63) is 83.9 Å². The van der Waals surface area contributed by atoms with Crippen molar-refractivity contribution in [3.8, 4) is 16.9 Å². The number of carbonyl (C=O) groups excluding carboxylic acids is 1. The second kappa shape index (κ2) is 9.47. The summed E-state index contributed by atoms with van der Waals surface area (Å²) in [6.45, 7) is 4.10. The molecule has 162 valence electrons. The molecule has 0 aromatic heterocycles. The molecule has 0 saturated carbocycles. The predicted molar refractivity (Wildman–Crippen MR) is 132 cm³/mol. The van der Waals surface area contributed by atoms with Crippen LogP contribution in [0.15, 0.2) is 82.6 Å². The van der Waals surface area contributed by atoms with Crippen LogP contribution in [0.1, 0.15) is 29.8 Å². The highest BCUT2D eigenvalue weighted by molar-refractivity contribution is 7.99. The van der Waals surface area contributed by atoms with Crippen LogP contribution in [0.2, 0.25) is 0 Å². The van der Waals surface area contributed by atoms with E-state index in [4.69, 9.17) is 10.5 Å². The van der Waals surface area contributed by atoms with E-state index in [1.54, 1.807) is 0 Å². The number of ether oxygens (including phenoxy) is 1. The smallest absolute Gasteiger partial charge is 0.194 e. The van der Waals surface area contributed by atoms with Gasteiger partial charge in [0.25, 0.3) is 0 Å². The summed E-state index contributed by atoms with van der Waals surface area (Å²) >= 11 is 1.51. The van der Waals surface area contributed by atoms with Crippen molar-refractivity contribution in [1.82, 2.24) is 0 Å². The van der Waals surface area contributed by atoms with Crippen LogP contribution in [0.25, 0.3) is 21.9 Å². The summed E-state index contributed by atoms with van der Waals surface area (Å²) in [4.78, 5) is 15.0. The quantitative estimate of drug-likeness (QED) is 0.317. The highest BCUT2D eigenvalue weighted by atomic mass is 32.2. The van der Waals surface area contributed by atoms with Crippen LogP contribution >= 0.6 is 11.8 Å². The zero-order chi connectivity index (χ0) is 22.7. The minimum absolute atomic E-state index is 0.0305. The molecular formula is C27H25NO3S. The Balaban J connectivity index is 0.00000119. The van der Waals surface area contributed by atoms with E-state index in [1.165, 1.54) is 11.8 Å². The zero-order valence-corrected chi connectivity index (χ0v) is 18.9. The average Bonchev–Trinajstić information content (AvgIpc) is 2.84. The van der Waals surface area contributed by atoms with E-state index in [0.29, 0.717) is 22.6 Å². The van der Waals surface area contributed by atoms with Crippen molar-refractivity contribution in [2.24, 2.45) is 0 Å². The lowest BCUT2D eigenvalue weighted by Gasteiger charge is -2.23. The molecule has 4 aromatic rings. The molecule has 0 fully saturated rings. The van der Waals surface area contributed by atoms with Gasteiger partial charge in [-0.05, 0) is 29.3 Å². The molecular weight excluding hydrogens is 418 g/mol. The van der Waals surface area contributed by atoms with Crippen LogP contribution < -0.4 is 10.5 Å². The van der Waals surface area contributed by atoms with Crippen molar-refractivity contribution in [2.75, 3.05) is 18.9 Å². The number of nitrogen functional groups attached to an aromatic ring is 1. The number of hydrogen-bond donors (Lipinski definition) is 2. The first-order valence-electron chi connectivity index (χ1n) is 10.7. The summed E-state index contributed by atoms with van der Waals surface area (Å²) in [7, 11) is 0. The van der Waals surface area contributed by atoms with Crippen LogP contribution in [0.3, 0.4) is 0 Å².